The van der Waals surface area contributed by atoms with E-state index in [1.807, 2.05) is 0 Å². The maximum absolute atomic E-state index is 12.0. The van der Waals surface area contributed by atoms with E-state index < -0.39 is 34.2 Å². The molecule has 0 aliphatic heterocycles. The molecule has 0 unspecified atom stereocenters. The van der Waals surface area contributed by atoms with E-state index in [4.69, 9.17) is 13.9 Å². The minimum Gasteiger partial charge on any atom is -0.477 e. The molecule has 3 aromatic rings. The first-order valence-corrected chi connectivity index (χ1v) is 9.08. The molecule has 0 radical (unpaired) electrons. The quantitative estimate of drug-likeness (QED) is 0.167. The first kappa shape index (κ1) is 22.6. The van der Waals surface area contributed by atoms with Gasteiger partial charge in [0.05, 0.1) is 17.2 Å². The Labute approximate surface area is 184 Å². The molecular formula is C20H14N4O9. The van der Waals surface area contributed by atoms with Crippen molar-refractivity contribution in [3.63, 3.8) is 0 Å². The van der Waals surface area contributed by atoms with E-state index in [2.05, 4.69) is 10.5 Å². The van der Waals surface area contributed by atoms with Gasteiger partial charge in [0.1, 0.15) is 10.7 Å². The van der Waals surface area contributed by atoms with Crippen molar-refractivity contribution in [2.45, 2.75) is 0 Å². The summed E-state index contributed by atoms with van der Waals surface area (Å²) in [5, 5.41) is 25.3. The molecule has 3 rings (SSSR count). The number of para-hydroxylation sites is 2. The number of carbonyl (C=O) groups is 2. The zero-order chi connectivity index (χ0) is 23.8. The molecule has 1 heterocycles. The average Bonchev–Trinajstić information content (AvgIpc) is 3.29. The van der Waals surface area contributed by atoms with Gasteiger partial charge in [-0.1, -0.05) is 24.3 Å². The van der Waals surface area contributed by atoms with Crippen LogP contribution in [0.15, 0.2) is 70.2 Å². The van der Waals surface area contributed by atoms with Crippen molar-refractivity contribution in [1.29, 1.82) is 0 Å². The molecule has 2 aromatic carbocycles. The van der Waals surface area contributed by atoms with Crippen molar-refractivity contribution in [2.75, 3.05) is 6.61 Å². The summed E-state index contributed by atoms with van der Waals surface area (Å²) in [4.78, 5) is 44.0. The van der Waals surface area contributed by atoms with E-state index in [0.29, 0.717) is 5.56 Å². The third-order valence-electron chi connectivity index (χ3n) is 3.87. The van der Waals surface area contributed by atoms with Gasteiger partial charge < -0.3 is 13.9 Å². The second-order valence-electron chi connectivity index (χ2n) is 6.16. The van der Waals surface area contributed by atoms with Gasteiger partial charge in [-0.3, -0.25) is 25.0 Å². The number of hydrazone groups is 1. The summed E-state index contributed by atoms with van der Waals surface area (Å²) in [6.07, 6.45) is 1.26. The Bertz CT molecular complexity index is 1240. The van der Waals surface area contributed by atoms with Crippen LogP contribution in [-0.2, 0) is 4.79 Å². The summed E-state index contributed by atoms with van der Waals surface area (Å²) in [5.41, 5.74) is 2.37. The zero-order valence-electron chi connectivity index (χ0n) is 16.6. The van der Waals surface area contributed by atoms with Crippen molar-refractivity contribution in [3.05, 3.63) is 92.2 Å². The number of furan rings is 1. The minimum atomic E-state index is -0.933. The van der Waals surface area contributed by atoms with Crippen molar-refractivity contribution < 1.29 is 33.3 Å². The van der Waals surface area contributed by atoms with E-state index in [1.54, 1.807) is 12.1 Å². The standard InChI is InChI=1S/C20H14N4O9/c25-18(12-31-16-7-2-1-6-15(16)23(27)28)22-21-11-13-4-3-5-14(10-13)32-20(26)17-8-9-19(33-17)24(29)30/h1-11H,12H2,(H,22,25)/b21-11-. The van der Waals surface area contributed by atoms with Gasteiger partial charge in [-0.15, -0.1) is 0 Å². The van der Waals surface area contributed by atoms with Crippen molar-refractivity contribution >= 4 is 29.7 Å². The summed E-state index contributed by atoms with van der Waals surface area (Å²) in [6, 6.07) is 13.8. The van der Waals surface area contributed by atoms with Gasteiger partial charge in [-0.2, -0.15) is 5.10 Å². The van der Waals surface area contributed by atoms with Crippen LogP contribution in [0.5, 0.6) is 11.5 Å². The molecule has 0 fully saturated rings. The van der Waals surface area contributed by atoms with Crippen LogP contribution in [0.1, 0.15) is 16.1 Å². The van der Waals surface area contributed by atoms with Gasteiger partial charge in [0.25, 0.3) is 5.91 Å². The number of nitrogens with one attached hydrogen (secondary N) is 1. The van der Waals surface area contributed by atoms with Crippen LogP contribution in [0.3, 0.4) is 0 Å². The fraction of sp³-hybridized carbons (Fsp3) is 0.0500. The first-order valence-electron chi connectivity index (χ1n) is 9.08. The lowest BCUT2D eigenvalue weighted by Crippen LogP contribution is -2.24. The fourth-order valence-electron chi connectivity index (χ4n) is 2.44. The van der Waals surface area contributed by atoms with Crippen LogP contribution in [-0.4, -0.2) is 34.5 Å². The molecule has 0 spiro atoms. The van der Waals surface area contributed by atoms with E-state index in [1.165, 1.54) is 42.6 Å². The predicted octanol–water partition coefficient (Wildman–Crippen LogP) is 2.84. The van der Waals surface area contributed by atoms with Crippen molar-refractivity contribution in [2.24, 2.45) is 5.10 Å². The van der Waals surface area contributed by atoms with E-state index >= 15 is 0 Å². The third kappa shape index (κ3) is 6.21. The van der Waals surface area contributed by atoms with Gasteiger partial charge in [-0.05, 0) is 29.8 Å². The summed E-state index contributed by atoms with van der Waals surface area (Å²) >= 11 is 0. The Morgan fingerprint density at radius 1 is 1.03 bits per heavy atom. The van der Waals surface area contributed by atoms with Crippen LogP contribution < -0.4 is 14.9 Å². The van der Waals surface area contributed by atoms with E-state index in [0.717, 1.165) is 12.1 Å². The number of ether oxygens (including phenoxy) is 2. The normalized spacial score (nSPS) is 10.5. The molecule has 0 aliphatic carbocycles. The minimum absolute atomic E-state index is 0.0574. The second-order valence-corrected chi connectivity index (χ2v) is 6.16. The molecule has 13 heteroatoms. The molecule has 0 aliphatic rings. The molecule has 0 saturated heterocycles. The number of hydrogen-bond donors (Lipinski definition) is 1. The van der Waals surface area contributed by atoms with E-state index in [9.17, 15) is 29.8 Å². The van der Waals surface area contributed by atoms with Gasteiger partial charge in [0.15, 0.2) is 12.4 Å². The number of nitro groups is 2. The first-order chi connectivity index (χ1) is 15.8. The maximum atomic E-state index is 12.0. The molecule has 168 valence electrons. The lowest BCUT2D eigenvalue weighted by Gasteiger charge is -2.05. The summed E-state index contributed by atoms with van der Waals surface area (Å²) in [7, 11) is 0. The van der Waals surface area contributed by atoms with Crippen molar-refractivity contribution in [1.82, 2.24) is 5.43 Å². The van der Waals surface area contributed by atoms with Crippen LogP contribution in [0.25, 0.3) is 0 Å². The smallest absolute Gasteiger partial charge is 0.433 e. The Hall–Kier alpha value is -5.07. The number of benzene rings is 2. The molecule has 1 aromatic heterocycles. The number of nitro benzene ring substituents is 1. The number of carbonyl (C=O) groups excluding carboxylic acids is 2. The summed E-state index contributed by atoms with van der Waals surface area (Å²) < 4.78 is 15.0. The molecule has 0 saturated carbocycles. The highest BCUT2D eigenvalue weighted by atomic mass is 16.7. The molecular weight excluding hydrogens is 440 g/mol. The molecule has 1 amide bonds. The highest BCUT2D eigenvalue weighted by Gasteiger charge is 2.19. The molecule has 0 bridgehead atoms. The largest absolute Gasteiger partial charge is 0.477 e. The lowest BCUT2D eigenvalue weighted by atomic mass is 10.2. The van der Waals surface area contributed by atoms with Crippen LogP contribution in [0.4, 0.5) is 11.6 Å². The molecule has 1 N–H and O–H groups in total. The number of nitrogens with zero attached hydrogens (tertiary/aromatic N) is 3. The molecule has 13 nitrogen and oxygen atoms in total. The molecule has 33 heavy (non-hydrogen) atoms. The molecule has 0 atom stereocenters. The Balaban J connectivity index is 1.54. The highest BCUT2D eigenvalue weighted by molar-refractivity contribution is 5.89. The van der Waals surface area contributed by atoms with Crippen LogP contribution in [0.2, 0.25) is 0 Å². The number of hydrogen-bond acceptors (Lipinski definition) is 10. The Morgan fingerprint density at radius 2 is 1.82 bits per heavy atom. The topological polar surface area (TPSA) is 176 Å². The number of rotatable bonds is 9. The number of amides is 1. The zero-order valence-corrected chi connectivity index (χ0v) is 16.6. The van der Waals surface area contributed by atoms with Crippen LogP contribution in [0, 0.1) is 20.2 Å². The van der Waals surface area contributed by atoms with Crippen molar-refractivity contribution in [3.8, 4) is 11.5 Å². The highest BCUT2D eigenvalue weighted by Crippen LogP contribution is 2.25. The number of esters is 1. The Kier molecular flexibility index (Phi) is 7.06. The fourth-order valence-corrected chi connectivity index (χ4v) is 2.44. The Morgan fingerprint density at radius 3 is 2.55 bits per heavy atom. The van der Waals surface area contributed by atoms with Gasteiger partial charge in [-0.25, -0.2) is 10.2 Å². The maximum Gasteiger partial charge on any atom is 0.433 e. The predicted molar refractivity (Wildman–Crippen MR) is 111 cm³/mol. The third-order valence-corrected chi connectivity index (χ3v) is 3.87. The second kappa shape index (κ2) is 10.3. The average molecular weight is 454 g/mol. The van der Waals surface area contributed by atoms with Crippen LogP contribution >= 0.6 is 0 Å². The van der Waals surface area contributed by atoms with Gasteiger partial charge >= 0.3 is 17.5 Å². The SMILES string of the molecule is O=C(COc1ccccc1[N+](=O)[O-])N/N=C\c1cccc(OC(=O)c2ccc([N+](=O)[O-])o2)c1. The van der Waals surface area contributed by atoms with E-state index in [-0.39, 0.29) is 22.9 Å². The van der Waals surface area contributed by atoms with Gasteiger partial charge in [0.2, 0.25) is 5.76 Å². The summed E-state index contributed by atoms with van der Waals surface area (Å²) in [6.45, 7) is -0.505. The van der Waals surface area contributed by atoms with Gasteiger partial charge in [0, 0.05) is 6.07 Å². The monoisotopic (exact) mass is 454 g/mol. The lowest BCUT2D eigenvalue weighted by molar-refractivity contribution is -0.402. The summed E-state index contributed by atoms with van der Waals surface area (Å²) in [5.74, 6) is -2.48.